The summed E-state index contributed by atoms with van der Waals surface area (Å²) >= 11 is 8.51. The molecule has 0 fully saturated rings. The Hall–Kier alpha value is -0.220. The number of hydrogen-bond acceptors (Lipinski definition) is 1. The van der Waals surface area contributed by atoms with Crippen molar-refractivity contribution in [1.29, 1.82) is 0 Å². The Morgan fingerprint density at radius 3 is 2.67 bits per heavy atom. The first-order valence-electron chi connectivity index (χ1n) is 3.13. The van der Waals surface area contributed by atoms with E-state index < -0.39 is 6.43 Å². The van der Waals surface area contributed by atoms with E-state index in [4.69, 9.17) is 11.6 Å². The maximum absolute atomic E-state index is 12.2. The van der Waals surface area contributed by atoms with E-state index in [1.165, 1.54) is 6.07 Å². The summed E-state index contributed by atoms with van der Waals surface area (Å²) in [4.78, 5) is 3.50. The van der Waals surface area contributed by atoms with Crippen LogP contribution in [0.15, 0.2) is 10.5 Å². The highest BCUT2D eigenvalue weighted by atomic mass is 79.9. The minimum Gasteiger partial charge on any atom is -0.234 e. The maximum Gasteiger partial charge on any atom is 0.281 e. The molecule has 0 aliphatic heterocycles. The number of hydrogen-bond donors (Lipinski definition) is 0. The molecular formula is C7H5BrClF2N. The molecule has 0 spiro atoms. The van der Waals surface area contributed by atoms with Crippen LogP contribution in [0.25, 0.3) is 0 Å². The molecule has 0 aromatic carbocycles. The van der Waals surface area contributed by atoms with Crippen LogP contribution < -0.4 is 0 Å². The van der Waals surface area contributed by atoms with E-state index >= 15 is 0 Å². The van der Waals surface area contributed by atoms with Crippen LogP contribution in [0.2, 0.25) is 5.15 Å². The van der Waals surface area contributed by atoms with Crippen molar-refractivity contribution in [2.45, 2.75) is 13.3 Å². The zero-order valence-electron chi connectivity index (χ0n) is 6.11. The van der Waals surface area contributed by atoms with Gasteiger partial charge in [-0.15, -0.1) is 0 Å². The normalized spacial score (nSPS) is 10.8. The summed E-state index contributed by atoms with van der Waals surface area (Å²) in [5, 5.41) is 0.0889. The first kappa shape index (κ1) is 9.86. The quantitative estimate of drug-likeness (QED) is 0.698. The molecule has 0 N–H and O–H groups in total. The third-order valence-corrected chi connectivity index (χ3v) is 2.57. The molecule has 1 nitrogen and oxygen atoms in total. The highest BCUT2D eigenvalue weighted by Crippen LogP contribution is 2.29. The number of alkyl halides is 2. The maximum atomic E-state index is 12.2. The standard InChI is InChI=1S/C7H5BrClF2N/c1-3-2-4(9)12-6(5(3)8)7(10)11/h2,7H,1H3. The Balaban J connectivity index is 3.28. The number of pyridine rings is 1. The Bertz CT molecular complexity index is 304. The minimum atomic E-state index is -2.60. The molecule has 0 aliphatic carbocycles. The largest absolute Gasteiger partial charge is 0.281 e. The van der Waals surface area contributed by atoms with Crippen molar-refractivity contribution in [1.82, 2.24) is 4.98 Å². The van der Waals surface area contributed by atoms with Gasteiger partial charge in [0.2, 0.25) is 0 Å². The molecule has 1 heterocycles. The average molecular weight is 256 g/mol. The van der Waals surface area contributed by atoms with Gasteiger partial charge in [0.15, 0.2) is 0 Å². The van der Waals surface area contributed by atoms with Gasteiger partial charge in [-0.3, -0.25) is 0 Å². The van der Waals surface area contributed by atoms with E-state index in [-0.39, 0.29) is 10.8 Å². The summed E-state index contributed by atoms with van der Waals surface area (Å²) in [7, 11) is 0. The van der Waals surface area contributed by atoms with Crippen LogP contribution in [0.5, 0.6) is 0 Å². The lowest BCUT2D eigenvalue weighted by Gasteiger charge is -2.05. The number of aromatic nitrogens is 1. The highest BCUT2D eigenvalue weighted by molar-refractivity contribution is 9.10. The molecule has 0 atom stereocenters. The third kappa shape index (κ3) is 1.93. The van der Waals surface area contributed by atoms with Gasteiger partial charge in [-0.1, -0.05) is 11.6 Å². The zero-order chi connectivity index (χ0) is 9.30. The van der Waals surface area contributed by atoms with Gasteiger partial charge in [-0.25, -0.2) is 13.8 Å². The van der Waals surface area contributed by atoms with E-state index in [0.29, 0.717) is 10.0 Å². The smallest absolute Gasteiger partial charge is 0.234 e. The SMILES string of the molecule is Cc1cc(Cl)nc(C(F)F)c1Br. The van der Waals surface area contributed by atoms with Crippen LogP contribution in [0.1, 0.15) is 17.7 Å². The van der Waals surface area contributed by atoms with Gasteiger partial charge in [0.1, 0.15) is 10.8 Å². The van der Waals surface area contributed by atoms with Crippen LogP contribution >= 0.6 is 27.5 Å². The van der Waals surface area contributed by atoms with Crippen LogP contribution in [0.3, 0.4) is 0 Å². The molecule has 0 bridgehead atoms. The summed E-state index contributed by atoms with van der Waals surface area (Å²) in [5.74, 6) is 0. The van der Waals surface area contributed by atoms with E-state index in [9.17, 15) is 8.78 Å². The summed E-state index contributed by atoms with van der Waals surface area (Å²) in [6.07, 6.45) is -2.60. The van der Waals surface area contributed by atoms with Gasteiger partial charge in [-0.2, -0.15) is 0 Å². The number of rotatable bonds is 1. The molecule has 0 saturated carbocycles. The van der Waals surface area contributed by atoms with E-state index in [2.05, 4.69) is 20.9 Å². The highest BCUT2D eigenvalue weighted by Gasteiger charge is 2.15. The topological polar surface area (TPSA) is 12.9 Å². The second kappa shape index (κ2) is 3.66. The molecule has 0 amide bonds. The fourth-order valence-electron chi connectivity index (χ4n) is 0.785. The second-order valence-electron chi connectivity index (χ2n) is 2.26. The Kier molecular flexibility index (Phi) is 3.01. The predicted molar refractivity (Wildman–Crippen MR) is 46.6 cm³/mol. The van der Waals surface area contributed by atoms with Crippen molar-refractivity contribution in [3.05, 3.63) is 26.9 Å². The number of nitrogens with zero attached hydrogens (tertiary/aromatic N) is 1. The predicted octanol–water partition coefficient (Wildman–Crippen LogP) is 3.74. The van der Waals surface area contributed by atoms with Crippen molar-refractivity contribution in [2.24, 2.45) is 0 Å². The monoisotopic (exact) mass is 255 g/mol. The first-order chi connectivity index (χ1) is 5.52. The van der Waals surface area contributed by atoms with Crippen LogP contribution in [-0.2, 0) is 0 Å². The Labute approximate surface area is 81.9 Å². The molecular weight excluding hydrogens is 251 g/mol. The van der Waals surface area contributed by atoms with Crippen molar-refractivity contribution in [3.8, 4) is 0 Å². The summed E-state index contributed by atoms with van der Waals surface area (Å²) in [6.45, 7) is 1.68. The zero-order valence-corrected chi connectivity index (χ0v) is 8.46. The van der Waals surface area contributed by atoms with Gasteiger partial charge in [0, 0.05) is 4.47 Å². The lowest BCUT2D eigenvalue weighted by Crippen LogP contribution is -1.94. The van der Waals surface area contributed by atoms with Crippen LogP contribution in [0, 0.1) is 6.92 Å². The van der Waals surface area contributed by atoms with Gasteiger partial charge < -0.3 is 0 Å². The lowest BCUT2D eigenvalue weighted by molar-refractivity contribution is 0.145. The molecule has 66 valence electrons. The molecule has 1 aromatic heterocycles. The molecule has 1 aromatic rings. The van der Waals surface area contributed by atoms with Gasteiger partial charge in [0.25, 0.3) is 6.43 Å². The van der Waals surface area contributed by atoms with Gasteiger partial charge >= 0.3 is 0 Å². The van der Waals surface area contributed by atoms with Crippen LogP contribution in [0.4, 0.5) is 8.78 Å². The summed E-state index contributed by atoms with van der Waals surface area (Å²) < 4.78 is 24.8. The molecule has 12 heavy (non-hydrogen) atoms. The number of halogens is 4. The fraction of sp³-hybridized carbons (Fsp3) is 0.286. The fourth-order valence-corrected chi connectivity index (χ4v) is 1.42. The van der Waals surface area contributed by atoms with E-state index in [1.54, 1.807) is 6.92 Å². The van der Waals surface area contributed by atoms with Gasteiger partial charge in [0.05, 0.1) is 0 Å². The Morgan fingerprint density at radius 2 is 2.17 bits per heavy atom. The summed E-state index contributed by atoms with van der Waals surface area (Å²) in [6, 6.07) is 1.53. The molecule has 1 rings (SSSR count). The van der Waals surface area contributed by atoms with Crippen molar-refractivity contribution in [2.75, 3.05) is 0 Å². The molecule has 0 radical (unpaired) electrons. The molecule has 0 aliphatic rings. The molecule has 0 unspecified atom stereocenters. The van der Waals surface area contributed by atoms with Crippen molar-refractivity contribution in [3.63, 3.8) is 0 Å². The molecule has 0 saturated heterocycles. The third-order valence-electron chi connectivity index (χ3n) is 1.34. The molecule has 5 heteroatoms. The first-order valence-corrected chi connectivity index (χ1v) is 4.30. The number of aryl methyl sites for hydroxylation is 1. The van der Waals surface area contributed by atoms with Crippen molar-refractivity contribution < 1.29 is 8.78 Å². The summed E-state index contributed by atoms with van der Waals surface area (Å²) in [5.41, 5.74) is 0.352. The van der Waals surface area contributed by atoms with E-state index in [1.807, 2.05) is 0 Å². The van der Waals surface area contributed by atoms with Gasteiger partial charge in [-0.05, 0) is 34.5 Å². The lowest BCUT2D eigenvalue weighted by atomic mass is 10.2. The average Bonchev–Trinajstić information content (AvgIpc) is 1.96. The van der Waals surface area contributed by atoms with Crippen molar-refractivity contribution >= 4 is 27.5 Å². The van der Waals surface area contributed by atoms with Crippen LogP contribution in [-0.4, -0.2) is 4.98 Å². The second-order valence-corrected chi connectivity index (χ2v) is 3.44. The minimum absolute atomic E-state index is 0.0889. The Morgan fingerprint density at radius 1 is 1.58 bits per heavy atom. The van der Waals surface area contributed by atoms with E-state index in [0.717, 1.165) is 0 Å².